The fourth-order valence-electron chi connectivity index (χ4n) is 1.82. The van der Waals surface area contributed by atoms with E-state index in [4.69, 9.17) is 0 Å². The number of aromatic nitrogens is 5. The van der Waals surface area contributed by atoms with Crippen LogP contribution in [0.4, 0.5) is 21.8 Å². The molecule has 9 heteroatoms. The number of H-pyrrole nitrogens is 1. The Bertz CT molecular complexity index is 772. The molecule has 0 aliphatic heterocycles. The zero-order chi connectivity index (χ0) is 15.5. The molecule has 0 saturated carbocycles. The van der Waals surface area contributed by atoms with Gasteiger partial charge in [0.05, 0.1) is 6.10 Å². The van der Waals surface area contributed by atoms with E-state index < -0.39 is 6.10 Å². The quantitative estimate of drug-likeness (QED) is 0.564. The van der Waals surface area contributed by atoms with Gasteiger partial charge in [-0.05, 0) is 31.2 Å². The number of benzene rings is 1. The van der Waals surface area contributed by atoms with Crippen LogP contribution in [0.3, 0.4) is 0 Å². The molecule has 8 nitrogen and oxygen atoms in total. The first kappa shape index (κ1) is 14.1. The molecule has 0 aliphatic carbocycles. The fourth-order valence-corrected chi connectivity index (χ4v) is 1.82. The predicted molar refractivity (Wildman–Crippen MR) is 79.3 cm³/mol. The summed E-state index contributed by atoms with van der Waals surface area (Å²) in [4.78, 5) is 8.49. The molecule has 1 atom stereocenters. The van der Waals surface area contributed by atoms with Gasteiger partial charge in [-0.3, -0.25) is 0 Å². The Balaban J connectivity index is 1.92. The van der Waals surface area contributed by atoms with E-state index in [0.29, 0.717) is 35.2 Å². The molecule has 0 spiro atoms. The van der Waals surface area contributed by atoms with Crippen molar-refractivity contribution in [3.8, 4) is 0 Å². The maximum absolute atomic E-state index is 13.0. The summed E-state index contributed by atoms with van der Waals surface area (Å²) >= 11 is 0. The first-order valence-corrected chi connectivity index (χ1v) is 6.65. The topological polar surface area (TPSA) is 112 Å². The number of anilines is 3. The number of fused-ring (bicyclic) bond motifs is 1. The molecule has 22 heavy (non-hydrogen) atoms. The summed E-state index contributed by atoms with van der Waals surface area (Å²) in [6, 6.07) is 5.87. The monoisotopic (exact) mass is 303 g/mol. The van der Waals surface area contributed by atoms with Gasteiger partial charge in [0.2, 0.25) is 11.6 Å². The minimum absolute atomic E-state index is 0.305. The number of halogens is 1. The lowest BCUT2D eigenvalue weighted by Gasteiger charge is -2.10. The maximum atomic E-state index is 13.0. The van der Waals surface area contributed by atoms with Crippen LogP contribution in [0, 0.1) is 5.82 Å². The van der Waals surface area contributed by atoms with E-state index in [1.54, 1.807) is 19.1 Å². The van der Waals surface area contributed by atoms with Gasteiger partial charge in [-0.2, -0.15) is 20.3 Å². The van der Waals surface area contributed by atoms with E-state index in [0.717, 1.165) is 0 Å². The highest BCUT2D eigenvalue weighted by Crippen LogP contribution is 2.22. The second kappa shape index (κ2) is 5.90. The molecular weight excluding hydrogens is 289 g/mol. The van der Waals surface area contributed by atoms with Crippen LogP contribution in [0.25, 0.3) is 11.2 Å². The Labute approximate surface area is 124 Å². The number of aliphatic hydroxyl groups excluding tert-OH is 1. The molecule has 3 aromatic rings. The summed E-state index contributed by atoms with van der Waals surface area (Å²) in [5, 5.41) is 25.7. The van der Waals surface area contributed by atoms with Gasteiger partial charge in [0.1, 0.15) is 5.82 Å². The lowest BCUT2D eigenvalue weighted by atomic mass is 10.3. The predicted octanol–water partition coefficient (Wildman–Crippen LogP) is 1.42. The summed E-state index contributed by atoms with van der Waals surface area (Å²) in [6.07, 6.45) is -0.537. The van der Waals surface area contributed by atoms with Crippen LogP contribution >= 0.6 is 0 Å². The Morgan fingerprint density at radius 1 is 1.23 bits per heavy atom. The Kier molecular flexibility index (Phi) is 3.79. The van der Waals surface area contributed by atoms with Crippen molar-refractivity contribution in [3.05, 3.63) is 30.1 Å². The number of nitrogens with zero attached hydrogens (tertiary/aromatic N) is 4. The molecule has 1 aromatic carbocycles. The Hall–Kier alpha value is -2.81. The van der Waals surface area contributed by atoms with Gasteiger partial charge in [-0.1, -0.05) is 0 Å². The SMILES string of the molecule is CC(O)CNc1nc(Nc2ccc(F)cc2)c2n[nH]nc2n1. The molecule has 0 aliphatic rings. The van der Waals surface area contributed by atoms with E-state index in [1.165, 1.54) is 12.1 Å². The molecule has 1 unspecified atom stereocenters. The normalized spacial score (nSPS) is 12.3. The molecule has 114 valence electrons. The molecule has 2 aromatic heterocycles. The third-order valence-corrected chi connectivity index (χ3v) is 2.85. The smallest absolute Gasteiger partial charge is 0.227 e. The first-order chi connectivity index (χ1) is 10.6. The van der Waals surface area contributed by atoms with Crippen LogP contribution in [0.15, 0.2) is 24.3 Å². The fraction of sp³-hybridized carbons (Fsp3) is 0.231. The van der Waals surface area contributed by atoms with Gasteiger partial charge in [0.15, 0.2) is 11.3 Å². The number of hydrogen-bond acceptors (Lipinski definition) is 7. The number of nitrogens with one attached hydrogen (secondary N) is 3. The molecule has 0 amide bonds. The Morgan fingerprint density at radius 3 is 2.73 bits per heavy atom. The largest absolute Gasteiger partial charge is 0.392 e. The van der Waals surface area contributed by atoms with Crippen LogP contribution in [0.5, 0.6) is 0 Å². The molecule has 4 N–H and O–H groups in total. The second-order valence-corrected chi connectivity index (χ2v) is 4.75. The number of aliphatic hydroxyl groups is 1. The molecule has 3 rings (SSSR count). The number of hydrogen-bond donors (Lipinski definition) is 4. The lowest BCUT2D eigenvalue weighted by Crippen LogP contribution is -2.17. The van der Waals surface area contributed by atoms with E-state index in [1.807, 2.05) is 0 Å². The summed E-state index contributed by atoms with van der Waals surface area (Å²) < 4.78 is 13.0. The standard InChI is InChI=1S/C13H14FN7O/c1-7(22)6-15-13-17-11(10-12(18-13)20-21-19-10)16-9-4-2-8(14)3-5-9/h2-5,7,22H,6H2,1H3,(H3,15,16,17,18,19,20,21). The average molecular weight is 303 g/mol. The summed E-state index contributed by atoms with van der Waals surface area (Å²) in [6.45, 7) is 1.96. The summed E-state index contributed by atoms with van der Waals surface area (Å²) in [5.41, 5.74) is 1.51. The third-order valence-electron chi connectivity index (χ3n) is 2.85. The van der Waals surface area contributed by atoms with E-state index in [-0.39, 0.29) is 5.82 Å². The first-order valence-electron chi connectivity index (χ1n) is 6.65. The van der Waals surface area contributed by atoms with Crippen molar-refractivity contribution in [1.29, 1.82) is 0 Å². The van der Waals surface area contributed by atoms with E-state index >= 15 is 0 Å². The minimum Gasteiger partial charge on any atom is -0.392 e. The molecule has 2 heterocycles. The van der Waals surface area contributed by atoms with Crippen LogP contribution in [-0.4, -0.2) is 43.1 Å². The van der Waals surface area contributed by atoms with Gasteiger partial charge in [0.25, 0.3) is 0 Å². The molecule has 0 bridgehead atoms. The molecule has 0 fully saturated rings. The van der Waals surface area contributed by atoms with Crippen molar-refractivity contribution in [3.63, 3.8) is 0 Å². The lowest BCUT2D eigenvalue weighted by molar-refractivity contribution is 0.208. The molecule has 0 radical (unpaired) electrons. The minimum atomic E-state index is -0.537. The van der Waals surface area contributed by atoms with Crippen LogP contribution < -0.4 is 10.6 Å². The Morgan fingerprint density at radius 2 is 2.00 bits per heavy atom. The maximum Gasteiger partial charge on any atom is 0.227 e. The van der Waals surface area contributed by atoms with Crippen molar-refractivity contribution in [2.75, 3.05) is 17.2 Å². The van der Waals surface area contributed by atoms with Crippen LogP contribution in [0.1, 0.15) is 6.92 Å². The zero-order valence-electron chi connectivity index (χ0n) is 11.7. The van der Waals surface area contributed by atoms with Crippen molar-refractivity contribution < 1.29 is 9.50 Å². The third kappa shape index (κ3) is 3.09. The highest BCUT2D eigenvalue weighted by molar-refractivity contribution is 5.85. The van der Waals surface area contributed by atoms with Crippen molar-refractivity contribution in [2.45, 2.75) is 13.0 Å². The van der Waals surface area contributed by atoms with Crippen molar-refractivity contribution >= 4 is 28.6 Å². The number of rotatable bonds is 5. The number of aromatic amines is 1. The van der Waals surface area contributed by atoms with E-state index in [9.17, 15) is 9.50 Å². The van der Waals surface area contributed by atoms with Gasteiger partial charge >= 0.3 is 0 Å². The average Bonchev–Trinajstić information content (AvgIpc) is 2.96. The van der Waals surface area contributed by atoms with E-state index in [2.05, 4.69) is 36.0 Å². The summed E-state index contributed by atoms with van der Waals surface area (Å²) in [5.74, 6) is 0.421. The highest BCUT2D eigenvalue weighted by Gasteiger charge is 2.12. The van der Waals surface area contributed by atoms with Crippen LogP contribution in [-0.2, 0) is 0 Å². The van der Waals surface area contributed by atoms with Gasteiger partial charge in [-0.25, -0.2) is 4.39 Å². The van der Waals surface area contributed by atoms with Gasteiger partial charge in [-0.15, -0.1) is 5.10 Å². The van der Waals surface area contributed by atoms with Gasteiger partial charge < -0.3 is 15.7 Å². The zero-order valence-corrected chi connectivity index (χ0v) is 11.7. The molecular formula is C13H14FN7O. The highest BCUT2D eigenvalue weighted by atomic mass is 19.1. The second-order valence-electron chi connectivity index (χ2n) is 4.75. The van der Waals surface area contributed by atoms with Gasteiger partial charge in [0, 0.05) is 12.2 Å². The van der Waals surface area contributed by atoms with Crippen molar-refractivity contribution in [2.24, 2.45) is 0 Å². The van der Waals surface area contributed by atoms with Crippen LogP contribution in [0.2, 0.25) is 0 Å². The van der Waals surface area contributed by atoms with Crippen molar-refractivity contribution in [1.82, 2.24) is 25.4 Å². The summed E-state index contributed by atoms with van der Waals surface area (Å²) in [7, 11) is 0. The molecule has 0 saturated heterocycles.